The fraction of sp³-hybridized carbons (Fsp3) is 0.263. The molecule has 0 aromatic heterocycles. The van der Waals surface area contributed by atoms with Gasteiger partial charge < -0.3 is 5.32 Å². The first-order chi connectivity index (χ1) is 11.0. The van der Waals surface area contributed by atoms with E-state index >= 15 is 0 Å². The zero-order valence-corrected chi connectivity index (χ0v) is 12.3. The Kier molecular flexibility index (Phi) is 3.22. The highest BCUT2D eigenvalue weighted by Gasteiger charge is 2.39. The number of nitrogens with one attached hydrogen (secondary N) is 1. The molecule has 1 aliphatic carbocycles. The van der Waals surface area contributed by atoms with Crippen molar-refractivity contribution in [1.29, 1.82) is 0 Å². The van der Waals surface area contributed by atoms with Crippen LogP contribution < -0.4 is 5.32 Å². The van der Waals surface area contributed by atoms with E-state index in [1.165, 1.54) is 11.6 Å². The molecule has 118 valence electrons. The molecule has 2 aliphatic rings. The summed E-state index contributed by atoms with van der Waals surface area (Å²) in [7, 11) is 0. The monoisotopic (exact) mass is 315 g/mol. The van der Waals surface area contributed by atoms with E-state index in [0.29, 0.717) is 0 Å². The van der Waals surface area contributed by atoms with Gasteiger partial charge in [0.05, 0.1) is 11.6 Å². The quantitative estimate of drug-likeness (QED) is 0.682. The van der Waals surface area contributed by atoms with Crippen LogP contribution in [0, 0.1) is 5.92 Å². The van der Waals surface area contributed by atoms with Crippen molar-refractivity contribution in [3.8, 4) is 0 Å². The first-order valence-corrected chi connectivity index (χ1v) is 7.73. The number of hydrogen-bond acceptors (Lipinski definition) is 1. The Morgan fingerprint density at radius 2 is 1.78 bits per heavy atom. The van der Waals surface area contributed by atoms with Gasteiger partial charge in [-0.1, -0.05) is 42.5 Å². The lowest BCUT2D eigenvalue weighted by Crippen LogP contribution is -2.29. The second-order valence-corrected chi connectivity index (χ2v) is 6.19. The molecule has 2 aromatic rings. The summed E-state index contributed by atoms with van der Waals surface area (Å²) in [5.74, 6) is 0.298. The molecule has 0 saturated heterocycles. The number of allylic oxidation sites excluding steroid dienone is 2. The maximum Gasteiger partial charge on any atom is 0.416 e. The molecule has 1 N–H and O–H groups in total. The Hall–Kier alpha value is -2.23. The second kappa shape index (κ2) is 5.15. The van der Waals surface area contributed by atoms with Gasteiger partial charge in [-0.15, -0.1) is 0 Å². The van der Waals surface area contributed by atoms with Gasteiger partial charge in [-0.3, -0.25) is 0 Å². The minimum atomic E-state index is -4.30. The number of anilines is 1. The summed E-state index contributed by atoms with van der Waals surface area (Å²) in [6, 6.07) is 14.3. The molecule has 3 atom stereocenters. The zero-order chi connectivity index (χ0) is 16.0. The van der Waals surface area contributed by atoms with Crippen LogP contribution in [0.2, 0.25) is 0 Å². The lowest BCUT2D eigenvalue weighted by atomic mass is 9.76. The molecular formula is C19H16F3N. The normalized spacial score (nSPS) is 25.6. The van der Waals surface area contributed by atoms with Crippen LogP contribution in [0.3, 0.4) is 0 Å². The van der Waals surface area contributed by atoms with E-state index in [9.17, 15) is 13.2 Å². The molecule has 0 radical (unpaired) electrons. The fourth-order valence-corrected chi connectivity index (χ4v) is 3.76. The number of benzene rings is 2. The number of fused-ring (bicyclic) bond motifs is 3. The van der Waals surface area contributed by atoms with Crippen LogP contribution in [0.5, 0.6) is 0 Å². The van der Waals surface area contributed by atoms with E-state index in [4.69, 9.17) is 0 Å². The van der Waals surface area contributed by atoms with Gasteiger partial charge in [-0.25, -0.2) is 0 Å². The highest BCUT2D eigenvalue weighted by atomic mass is 19.4. The van der Waals surface area contributed by atoms with E-state index < -0.39 is 11.7 Å². The standard InChI is InChI=1S/C19H16F3N/c20-19(21,22)13-9-10-17-16(11-13)14-7-4-8-15(14)18(23-17)12-5-2-1-3-6-12/h1-7,9-11,14-15,18,23H,8H2/t14-,15+,18-/m1/s1. The van der Waals surface area contributed by atoms with Crippen molar-refractivity contribution >= 4 is 5.69 Å². The van der Waals surface area contributed by atoms with Gasteiger partial charge in [0, 0.05) is 11.6 Å². The van der Waals surface area contributed by atoms with E-state index in [-0.39, 0.29) is 17.9 Å². The molecule has 0 bridgehead atoms. The zero-order valence-electron chi connectivity index (χ0n) is 12.3. The molecule has 2 aromatic carbocycles. The Balaban J connectivity index is 1.78. The molecule has 0 saturated carbocycles. The molecule has 1 heterocycles. The average Bonchev–Trinajstić information content (AvgIpc) is 3.03. The maximum absolute atomic E-state index is 13.0. The molecule has 1 aliphatic heterocycles. The Morgan fingerprint density at radius 1 is 1.00 bits per heavy atom. The van der Waals surface area contributed by atoms with Gasteiger partial charge in [0.2, 0.25) is 0 Å². The minimum absolute atomic E-state index is 0.0405. The third kappa shape index (κ3) is 2.42. The third-order valence-corrected chi connectivity index (χ3v) is 4.85. The van der Waals surface area contributed by atoms with Crippen LogP contribution in [0.15, 0.2) is 60.7 Å². The Labute approximate surface area is 132 Å². The second-order valence-electron chi connectivity index (χ2n) is 6.19. The summed E-state index contributed by atoms with van der Waals surface area (Å²) in [5, 5.41) is 3.46. The molecule has 0 amide bonds. The van der Waals surface area contributed by atoms with E-state index in [1.807, 2.05) is 18.2 Å². The number of alkyl halides is 3. The van der Waals surface area contributed by atoms with Crippen LogP contribution >= 0.6 is 0 Å². The highest BCUT2D eigenvalue weighted by molar-refractivity contribution is 5.61. The van der Waals surface area contributed by atoms with Crippen molar-refractivity contribution in [2.24, 2.45) is 5.92 Å². The fourth-order valence-electron chi connectivity index (χ4n) is 3.76. The molecular weight excluding hydrogens is 299 g/mol. The van der Waals surface area contributed by atoms with E-state index in [0.717, 1.165) is 23.7 Å². The van der Waals surface area contributed by atoms with Crippen molar-refractivity contribution < 1.29 is 13.2 Å². The summed E-state index contributed by atoms with van der Waals surface area (Å²) in [4.78, 5) is 0. The molecule has 0 spiro atoms. The van der Waals surface area contributed by atoms with Gasteiger partial charge in [0.15, 0.2) is 0 Å². The van der Waals surface area contributed by atoms with Gasteiger partial charge >= 0.3 is 6.18 Å². The minimum Gasteiger partial charge on any atom is -0.378 e. The predicted molar refractivity (Wildman–Crippen MR) is 84.2 cm³/mol. The Bertz CT molecular complexity index is 749. The van der Waals surface area contributed by atoms with Crippen molar-refractivity contribution in [3.05, 3.63) is 77.4 Å². The van der Waals surface area contributed by atoms with Crippen molar-refractivity contribution in [3.63, 3.8) is 0 Å². The van der Waals surface area contributed by atoms with Crippen LogP contribution in [0.4, 0.5) is 18.9 Å². The Morgan fingerprint density at radius 3 is 2.52 bits per heavy atom. The number of hydrogen-bond donors (Lipinski definition) is 1. The summed E-state index contributed by atoms with van der Waals surface area (Å²) in [5.41, 5.74) is 2.16. The van der Waals surface area contributed by atoms with Crippen LogP contribution in [-0.2, 0) is 6.18 Å². The van der Waals surface area contributed by atoms with Crippen molar-refractivity contribution in [1.82, 2.24) is 0 Å². The number of rotatable bonds is 1. The summed E-state index contributed by atoms with van der Waals surface area (Å²) in [6.07, 6.45) is 0.721. The molecule has 4 rings (SSSR count). The smallest absolute Gasteiger partial charge is 0.378 e. The van der Waals surface area contributed by atoms with Crippen LogP contribution in [0.25, 0.3) is 0 Å². The lowest BCUT2D eigenvalue weighted by Gasteiger charge is -2.37. The summed E-state index contributed by atoms with van der Waals surface area (Å²) >= 11 is 0. The number of halogens is 3. The van der Waals surface area contributed by atoms with Crippen LogP contribution in [-0.4, -0.2) is 0 Å². The third-order valence-electron chi connectivity index (χ3n) is 4.85. The van der Waals surface area contributed by atoms with E-state index in [2.05, 4.69) is 29.6 Å². The van der Waals surface area contributed by atoms with Gasteiger partial charge in [0.1, 0.15) is 0 Å². The van der Waals surface area contributed by atoms with Gasteiger partial charge in [-0.2, -0.15) is 13.2 Å². The molecule has 23 heavy (non-hydrogen) atoms. The van der Waals surface area contributed by atoms with Crippen molar-refractivity contribution in [2.45, 2.75) is 24.6 Å². The molecule has 1 nitrogen and oxygen atoms in total. The topological polar surface area (TPSA) is 12.0 Å². The average molecular weight is 315 g/mol. The van der Waals surface area contributed by atoms with Crippen molar-refractivity contribution in [2.75, 3.05) is 5.32 Å². The van der Waals surface area contributed by atoms with E-state index in [1.54, 1.807) is 6.07 Å². The molecule has 0 fully saturated rings. The maximum atomic E-state index is 13.0. The summed E-state index contributed by atoms with van der Waals surface area (Å²) in [6.45, 7) is 0. The van der Waals surface area contributed by atoms with Crippen LogP contribution in [0.1, 0.15) is 35.1 Å². The molecule has 0 unspecified atom stereocenters. The van der Waals surface area contributed by atoms with Gasteiger partial charge in [0.25, 0.3) is 0 Å². The van der Waals surface area contributed by atoms with Gasteiger partial charge in [-0.05, 0) is 41.7 Å². The summed E-state index contributed by atoms with van der Waals surface area (Å²) < 4.78 is 39.0. The predicted octanol–water partition coefficient (Wildman–Crippen LogP) is 5.53. The first kappa shape index (κ1) is 14.4. The largest absolute Gasteiger partial charge is 0.416 e. The SMILES string of the molecule is FC(F)(F)c1ccc2c(c1)[C@@H]1C=CC[C@@H]1[C@@H](c1ccccc1)N2. The first-order valence-electron chi connectivity index (χ1n) is 7.73. The highest BCUT2D eigenvalue weighted by Crippen LogP contribution is 2.50. The lowest BCUT2D eigenvalue weighted by molar-refractivity contribution is -0.137. The molecule has 4 heteroatoms.